The Morgan fingerprint density at radius 1 is 1.19 bits per heavy atom. The molecule has 0 unspecified atom stereocenters. The predicted molar refractivity (Wildman–Crippen MR) is 116 cm³/mol. The maximum absolute atomic E-state index is 12.7. The fraction of sp³-hybridized carbons (Fsp3) is 0.250. The van der Waals surface area contributed by atoms with Crippen LogP contribution in [0.5, 0.6) is 5.75 Å². The molecule has 4 rings (SSSR count). The monoisotopic (exact) mass is 460 g/mol. The molecular formula is C20H20N4O7S. The summed E-state index contributed by atoms with van der Waals surface area (Å²) in [5.41, 5.74) is 0.517. The number of nitrogens with one attached hydrogen (secondary N) is 2. The number of morpholine rings is 1. The van der Waals surface area contributed by atoms with Gasteiger partial charge in [-0.15, -0.1) is 0 Å². The number of aromatic nitrogens is 1. The number of nitro benzene ring substituents is 1. The van der Waals surface area contributed by atoms with Crippen molar-refractivity contribution in [2.45, 2.75) is 4.90 Å². The number of hydrogen-bond donors (Lipinski definition) is 2. The van der Waals surface area contributed by atoms with Gasteiger partial charge < -0.3 is 19.4 Å². The number of carbonyl (C=O) groups excluding carboxylic acids is 1. The summed E-state index contributed by atoms with van der Waals surface area (Å²) < 4.78 is 37.6. The number of aromatic amines is 1. The standard InChI is InChI=1S/C20H20N4O7S/c1-30-13-2-4-14(5-3-13)32(28,29)22-20(25)16-12-15-17(23-8-10-31-11-9-23)6-7-18(24(26)27)19(15)21-16/h2-7,12,21H,8-11H2,1H3,(H,22,25). The number of nitro groups is 1. The lowest BCUT2D eigenvalue weighted by Gasteiger charge is -2.29. The van der Waals surface area contributed by atoms with Crippen molar-refractivity contribution < 1.29 is 27.6 Å². The molecule has 0 saturated carbocycles. The highest BCUT2D eigenvalue weighted by molar-refractivity contribution is 7.90. The van der Waals surface area contributed by atoms with Crippen LogP contribution in [0.3, 0.4) is 0 Å². The molecule has 1 saturated heterocycles. The normalized spacial score (nSPS) is 14.3. The van der Waals surface area contributed by atoms with Crippen molar-refractivity contribution in [3.05, 3.63) is 58.3 Å². The molecule has 12 heteroatoms. The maximum Gasteiger partial charge on any atom is 0.293 e. The minimum Gasteiger partial charge on any atom is -0.497 e. The van der Waals surface area contributed by atoms with Crippen LogP contribution in [0.15, 0.2) is 47.4 Å². The number of non-ortho nitro benzene ring substituents is 1. The second kappa shape index (κ2) is 8.48. The molecule has 1 aliphatic heterocycles. The van der Waals surface area contributed by atoms with Crippen LogP contribution in [-0.4, -0.2) is 57.6 Å². The van der Waals surface area contributed by atoms with E-state index < -0.39 is 20.9 Å². The number of benzene rings is 2. The molecular weight excluding hydrogens is 440 g/mol. The van der Waals surface area contributed by atoms with Gasteiger partial charge in [0.15, 0.2) is 0 Å². The van der Waals surface area contributed by atoms with E-state index in [1.165, 1.54) is 43.5 Å². The van der Waals surface area contributed by atoms with E-state index in [0.29, 0.717) is 43.1 Å². The number of fused-ring (bicyclic) bond motifs is 1. The zero-order valence-corrected chi connectivity index (χ0v) is 17.8. The van der Waals surface area contributed by atoms with E-state index in [9.17, 15) is 23.3 Å². The van der Waals surface area contributed by atoms with Crippen LogP contribution >= 0.6 is 0 Å². The van der Waals surface area contributed by atoms with Crippen molar-refractivity contribution in [3.8, 4) is 5.75 Å². The predicted octanol–water partition coefficient (Wildman–Crippen LogP) is 2.04. The number of methoxy groups -OCH3 is 1. The Bertz CT molecular complexity index is 1280. The summed E-state index contributed by atoms with van der Waals surface area (Å²) in [5.74, 6) is -0.465. The van der Waals surface area contributed by atoms with Gasteiger partial charge in [-0.25, -0.2) is 13.1 Å². The number of H-pyrrole nitrogens is 1. The molecule has 0 aliphatic carbocycles. The summed E-state index contributed by atoms with van der Waals surface area (Å²) in [6.07, 6.45) is 0. The second-order valence-corrected chi connectivity index (χ2v) is 8.72. The van der Waals surface area contributed by atoms with Crippen molar-refractivity contribution >= 4 is 38.2 Å². The van der Waals surface area contributed by atoms with Gasteiger partial charge in [-0.3, -0.25) is 14.9 Å². The molecule has 1 aromatic heterocycles. The smallest absolute Gasteiger partial charge is 0.293 e. The van der Waals surface area contributed by atoms with E-state index in [4.69, 9.17) is 9.47 Å². The number of sulfonamides is 1. The van der Waals surface area contributed by atoms with Crippen molar-refractivity contribution in [2.24, 2.45) is 0 Å². The quantitative estimate of drug-likeness (QED) is 0.420. The minimum atomic E-state index is -4.16. The number of rotatable bonds is 6. The van der Waals surface area contributed by atoms with Crippen molar-refractivity contribution in [3.63, 3.8) is 0 Å². The summed E-state index contributed by atoms with van der Waals surface area (Å²) in [6.45, 7) is 2.20. The molecule has 2 aromatic carbocycles. The fourth-order valence-electron chi connectivity index (χ4n) is 3.53. The van der Waals surface area contributed by atoms with Gasteiger partial charge in [-0.1, -0.05) is 0 Å². The van der Waals surface area contributed by atoms with Crippen LogP contribution in [0.1, 0.15) is 10.5 Å². The van der Waals surface area contributed by atoms with Crippen LogP contribution in [0.2, 0.25) is 0 Å². The van der Waals surface area contributed by atoms with E-state index in [1.54, 1.807) is 6.07 Å². The van der Waals surface area contributed by atoms with Gasteiger partial charge in [-0.05, 0) is 36.4 Å². The first-order valence-electron chi connectivity index (χ1n) is 9.64. The number of amides is 1. The fourth-order valence-corrected chi connectivity index (χ4v) is 4.50. The van der Waals surface area contributed by atoms with E-state index in [0.717, 1.165) is 0 Å². The lowest BCUT2D eigenvalue weighted by molar-refractivity contribution is -0.383. The SMILES string of the molecule is COc1ccc(S(=O)(=O)NC(=O)c2cc3c(N4CCOCC4)ccc([N+](=O)[O-])c3[nH]2)cc1. The van der Waals surface area contributed by atoms with Gasteiger partial charge in [0.25, 0.3) is 21.6 Å². The van der Waals surface area contributed by atoms with Crippen LogP contribution in [0, 0.1) is 10.1 Å². The van der Waals surface area contributed by atoms with Gasteiger partial charge in [-0.2, -0.15) is 0 Å². The zero-order chi connectivity index (χ0) is 22.9. The largest absolute Gasteiger partial charge is 0.497 e. The van der Waals surface area contributed by atoms with E-state index in [-0.39, 0.29) is 21.8 Å². The van der Waals surface area contributed by atoms with Crippen molar-refractivity contribution in [1.29, 1.82) is 0 Å². The Hall–Kier alpha value is -3.64. The molecule has 1 amide bonds. The van der Waals surface area contributed by atoms with Gasteiger partial charge in [0.2, 0.25) is 0 Å². The van der Waals surface area contributed by atoms with Crippen molar-refractivity contribution in [1.82, 2.24) is 9.71 Å². The number of anilines is 1. The highest BCUT2D eigenvalue weighted by Crippen LogP contribution is 2.34. The van der Waals surface area contributed by atoms with Crippen molar-refractivity contribution in [2.75, 3.05) is 38.3 Å². The van der Waals surface area contributed by atoms with Gasteiger partial charge >= 0.3 is 0 Å². The first-order chi connectivity index (χ1) is 15.3. The van der Waals surface area contributed by atoms with Crippen LogP contribution in [0.25, 0.3) is 10.9 Å². The van der Waals surface area contributed by atoms with E-state index >= 15 is 0 Å². The summed E-state index contributed by atoms with van der Waals surface area (Å²) in [6, 6.07) is 9.93. The molecule has 0 spiro atoms. The lowest BCUT2D eigenvalue weighted by Crippen LogP contribution is -2.36. The Morgan fingerprint density at radius 3 is 2.50 bits per heavy atom. The highest BCUT2D eigenvalue weighted by Gasteiger charge is 2.25. The Morgan fingerprint density at radius 2 is 1.88 bits per heavy atom. The maximum atomic E-state index is 12.7. The molecule has 0 bridgehead atoms. The average Bonchev–Trinajstić information content (AvgIpc) is 3.24. The van der Waals surface area contributed by atoms with Gasteiger partial charge in [0.05, 0.1) is 30.1 Å². The first-order valence-corrected chi connectivity index (χ1v) is 11.1. The van der Waals surface area contributed by atoms with Gasteiger partial charge in [0.1, 0.15) is 17.0 Å². The first kappa shape index (κ1) is 21.6. The Kier molecular flexibility index (Phi) is 5.72. The number of nitrogens with zero attached hydrogens (tertiary/aromatic N) is 2. The highest BCUT2D eigenvalue weighted by atomic mass is 32.2. The molecule has 1 aliphatic rings. The molecule has 2 N–H and O–H groups in total. The van der Waals surface area contributed by atoms with E-state index in [1.807, 2.05) is 9.62 Å². The third-order valence-electron chi connectivity index (χ3n) is 5.14. The molecule has 2 heterocycles. The van der Waals surface area contributed by atoms with Crippen LogP contribution in [0.4, 0.5) is 11.4 Å². The summed E-state index contributed by atoms with van der Waals surface area (Å²) >= 11 is 0. The molecule has 3 aromatic rings. The van der Waals surface area contributed by atoms with E-state index in [2.05, 4.69) is 4.98 Å². The second-order valence-electron chi connectivity index (χ2n) is 7.04. The Labute approximate surface area is 183 Å². The molecule has 32 heavy (non-hydrogen) atoms. The summed E-state index contributed by atoms with van der Waals surface area (Å²) in [4.78, 5) is 28.3. The van der Waals surface area contributed by atoms with Crippen LogP contribution in [-0.2, 0) is 14.8 Å². The third kappa shape index (κ3) is 4.09. The molecule has 0 atom stereocenters. The molecule has 0 radical (unpaired) electrons. The summed E-state index contributed by atoms with van der Waals surface area (Å²) in [5, 5.41) is 11.9. The van der Waals surface area contributed by atoms with Crippen LogP contribution < -0.4 is 14.4 Å². The molecule has 168 valence electrons. The number of ether oxygens (including phenoxy) is 2. The zero-order valence-electron chi connectivity index (χ0n) is 17.0. The lowest BCUT2D eigenvalue weighted by atomic mass is 10.1. The average molecular weight is 460 g/mol. The molecule has 11 nitrogen and oxygen atoms in total. The topological polar surface area (TPSA) is 144 Å². The number of carbonyl (C=O) groups is 1. The Balaban J connectivity index is 1.69. The summed E-state index contributed by atoms with van der Waals surface area (Å²) in [7, 11) is -2.71. The third-order valence-corrected chi connectivity index (χ3v) is 6.49. The number of hydrogen-bond acceptors (Lipinski definition) is 8. The minimum absolute atomic E-state index is 0.110. The van der Waals surface area contributed by atoms with Gasteiger partial charge in [0, 0.05) is 30.2 Å². The molecule has 1 fully saturated rings.